The average molecular weight is 465 g/mol. The van der Waals surface area contributed by atoms with E-state index in [4.69, 9.17) is 9.47 Å². The van der Waals surface area contributed by atoms with E-state index in [-0.39, 0.29) is 34.8 Å². The number of esters is 2. The number of hydrogen-bond donors (Lipinski definition) is 0. The first-order valence-corrected chi connectivity index (χ1v) is 9.57. The summed E-state index contributed by atoms with van der Waals surface area (Å²) in [5.74, 6) is -0.586. The minimum atomic E-state index is -0.328. The lowest BCUT2D eigenvalue weighted by Gasteiger charge is -2.25. The molecule has 0 saturated carbocycles. The number of rotatable bonds is 9. The lowest BCUT2D eigenvalue weighted by Crippen LogP contribution is -2.33. The number of carbonyl (C=O) groups is 2. The number of anilines is 1. The number of hydrogen-bond acceptors (Lipinski definition) is 5. The molecular weight excluding hydrogens is 442 g/mol. The minimum Gasteiger partial charge on any atom is -0.463 e. The van der Waals surface area contributed by atoms with Gasteiger partial charge in [0.15, 0.2) is 0 Å². The second kappa shape index (κ2) is 10.7. The Morgan fingerprint density at radius 1 is 1.04 bits per heavy atom. The smallest absolute Gasteiger partial charge is 0.319 e. The molecule has 0 aliphatic carbocycles. The zero-order chi connectivity index (χ0) is 18.1. The van der Waals surface area contributed by atoms with E-state index >= 15 is 0 Å². The molecule has 0 aliphatic heterocycles. The molecule has 0 aliphatic rings. The molecule has 1 aromatic rings. The highest BCUT2D eigenvalue weighted by Crippen LogP contribution is 2.16. The number of aryl methyl sites for hydroxylation is 1. The summed E-state index contributed by atoms with van der Waals surface area (Å²) in [7, 11) is 0. The van der Waals surface area contributed by atoms with Crippen LogP contribution in [-0.4, -0.2) is 47.9 Å². The molecular formula is C17H23Br2NO4. The number of alkyl halides is 2. The molecule has 0 radical (unpaired) electrons. The van der Waals surface area contributed by atoms with E-state index in [0.29, 0.717) is 13.1 Å². The van der Waals surface area contributed by atoms with Gasteiger partial charge < -0.3 is 14.4 Å². The molecule has 2 unspecified atom stereocenters. The Bertz CT molecular complexity index is 523. The Balaban J connectivity index is 2.62. The van der Waals surface area contributed by atoms with Crippen LogP contribution in [0.15, 0.2) is 24.3 Å². The highest BCUT2D eigenvalue weighted by molar-refractivity contribution is 9.10. The van der Waals surface area contributed by atoms with E-state index < -0.39 is 0 Å². The van der Waals surface area contributed by atoms with Crippen LogP contribution >= 0.6 is 31.9 Å². The van der Waals surface area contributed by atoms with Crippen molar-refractivity contribution in [2.75, 3.05) is 31.2 Å². The lowest BCUT2D eigenvalue weighted by atomic mass is 10.2. The van der Waals surface area contributed by atoms with Crippen LogP contribution in [-0.2, 0) is 19.1 Å². The molecule has 134 valence electrons. The van der Waals surface area contributed by atoms with Gasteiger partial charge in [-0.15, -0.1) is 0 Å². The standard InChI is InChI=1S/C17H23Br2NO4/c1-12-5-4-6-15(11-12)20(7-9-23-16(21)13(2)18)8-10-24-17(22)14(3)19/h4-6,11,13-14H,7-10H2,1-3H3. The molecule has 0 aromatic heterocycles. The second-order valence-corrected chi connectivity index (χ2v) is 8.14. The van der Waals surface area contributed by atoms with E-state index in [1.807, 2.05) is 36.1 Å². The van der Waals surface area contributed by atoms with Crippen LogP contribution in [0, 0.1) is 6.92 Å². The number of carbonyl (C=O) groups excluding carboxylic acids is 2. The number of ether oxygens (including phenoxy) is 2. The number of halogens is 2. The van der Waals surface area contributed by atoms with Crippen molar-refractivity contribution in [3.63, 3.8) is 0 Å². The van der Waals surface area contributed by atoms with Crippen molar-refractivity contribution in [2.24, 2.45) is 0 Å². The monoisotopic (exact) mass is 463 g/mol. The highest BCUT2D eigenvalue weighted by atomic mass is 79.9. The predicted molar refractivity (Wildman–Crippen MR) is 102 cm³/mol. The normalized spacial score (nSPS) is 13.0. The fourth-order valence-electron chi connectivity index (χ4n) is 1.94. The van der Waals surface area contributed by atoms with Crippen molar-refractivity contribution in [1.82, 2.24) is 0 Å². The topological polar surface area (TPSA) is 55.8 Å². The third kappa shape index (κ3) is 7.66. The zero-order valence-corrected chi connectivity index (χ0v) is 17.3. The van der Waals surface area contributed by atoms with Gasteiger partial charge in [-0.25, -0.2) is 0 Å². The summed E-state index contributed by atoms with van der Waals surface area (Å²) < 4.78 is 10.4. The van der Waals surface area contributed by atoms with Crippen molar-refractivity contribution in [2.45, 2.75) is 30.4 Å². The summed E-state index contributed by atoms with van der Waals surface area (Å²) in [6.07, 6.45) is 0. The van der Waals surface area contributed by atoms with Gasteiger partial charge in [0.05, 0.1) is 13.1 Å². The Hall–Kier alpha value is -1.08. The van der Waals surface area contributed by atoms with Gasteiger partial charge in [0.1, 0.15) is 22.9 Å². The van der Waals surface area contributed by atoms with Crippen LogP contribution in [0.25, 0.3) is 0 Å². The van der Waals surface area contributed by atoms with E-state index in [2.05, 4.69) is 31.9 Å². The van der Waals surface area contributed by atoms with Crippen LogP contribution in [0.1, 0.15) is 19.4 Å². The first kappa shape index (κ1) is 21.0. The van der Waals surface area contributed by atoms with Crippen molar-refractivity contribution in [3.05, 3.63) is 29.8 Å². The molecule has 1 rings (SSSR count). The lowest BCUT2D eigenvalue weighted by molar-refractivity contribution is -0.142. The summed E-state index contributed by atoms with van der Waals surface area (Å²) in [5.41, 5.74) is 2.13. The van der Waals surface area contributed by atoms with Crippen LogP contribution < -0.4 is 4.90 Å². The summed E-state index contributed by atoms with van der Waals surface area (Å²) in [6, 6.07) is 8.01. The zero-order valence-electron chi connectivity index (χ0n) is 14.1. The number of nitrogens with zero attached hydrogens (tertiary/aromatic N) is 1. The maximum absolute atomic E-state index is 11.5. The molecule has 2 atom stereocenters. The Labute approximate surface area is 159 Å². The van der Waals surface area contributed by atoms with Gasteiger partial charge in [-0.2, -0.15) is 0 Å². The maximum atomic E-state index is 11.5. The Morgan fingerprint density at radius 2 is 1.54 bits per heavy atom. The van der Waals surface area contributed by atoms with Gasteiger partial charge in [-0.1, -0.05) is 44.0 Å². The van der Waals surface area contributed by atoms with E-state index in [9.17, 15) is 9.59 Å². The van der Waals surface area contributed by atoms with Crippen LogP contribution in [0.3, 0.4) is 0 Å². The molecule has 0 saturated heterocycles. The van der Waals surface area contributed by atoms with Crippen molar-refractivity contribution < 1.29 is 19.1 Å². The minimum absolute atomic E-state index is 0.269. The van der Waals surface area contributed by atoms with Crippen molar-refractivity contribution >= 4 is 49.5 Å². The third-order valence-corrected chi connectivity index (χ3v) is 3.98. The maximum Gasteiger partial charge on any atom is 0.319 e. The molecule has 7 heteroatoms. The summed E-state index contributed by atoms with van der Waals surface area (Å²) in [5, 5.41) is 0. The van der Waals surface area contributed by atoms with Gasteiger partial charge >= 0.3 is 11.9 Å². The third-order valence-electron chi connectivity index (χ3n) is 3.23. The van der Waals surface area contributed by atoms with Crippen LogP contribution in [0.5, 0.6) is 0 Å². The molecule has 0 amide bonds. The summed E-state index contributed by atoms with van der Waals surface area (Å²) in [4.78, 5) is 24.4. The number of benzene rings is 1. The molecule has 0 bridgehead atoms. The highest BCUT2D eigenvalue weighted by Gasteiger charge is 2.14. The van der Waals surface area contributed by atoms with Crippen molar-refractivity contribution in [1.29, 1.82) is 0 Å². The van der Waals surface area contributed by atoms with E-state index in [1.54, 1.807) is 13.8 Å². The fourth-order valence-corrected chi connectivity index (χ4v) is 2.20. The molecule has 0 fully saturated rings. The molecule has 0 heterocycles. The van der Waals surface area contributed by atoms with E-state index in [1.165, 1.54) is 0 Å². The SMILES string of the molecule is Cc1cccc(N(CCOC(=O)C(C)Br)CCOC(=O)C(C)Br)c1. The van der Waals surface area contributed by atoms with Gasteiger partial charge in [-0.05, 0) is 38.5 Å². The van der Waals surface area contributed by atoms with Gasteiger partial charge in [0.2, 0.25) is 0 Å². The van der Waals surface area contributed by atoms with Crippen molar-refractivity contribution in [3.8, 4) is 0 Å². The van der Waals surface area contributed by atoms with Gasteiger partial charge in [0, 0.05) is 5.69 Å². The molecule has 1 aromatic carbocycles. The molecule has 0 spiro atoms. The predicted octanol–water partition coefficient (Wildman–Crippen LogP) is 3.45. The first-order valence-electron chi connectivity index (χ1n) is 7.74. The van der Waals surface area contributed by atoms with E-state index in [0.717, 1.165) is 11.3 Å². The van der Waals surface area contributed by atoms with Gasteiger partial charge in [-0.3, -0.25) is 9.59 Å². The van der Waals surface area contributed by atoms with Gasteiger partial charge in [0.25, 0.3) is 0 Å². The second-order valence-electron chi connectivity index (χ2n) is 5.39. The summed E-state index contributed by atoms with van der Waals surface area (Å²) in [6.45, 7) is 7.05. The van der Waals surface area contributed by atoms with Crippen LogP contribution in [0.2, 0.25) is 0 Å². The largest absolute Gasteiger partial charge is 0.463 e. The molecule has 5 nitrogen and oxygen atoms in total. The Morgan fingerprint density at radius 3 is 1.96 bits per heavy atom. The molecule has 24 heavy (non-hydrogen) atoms. The quantitative estimate of drug-likeness (QED) is 0.413. The summed E-state index contributed by atoms with van der Waals surface area (Å²) >= 11 is 6.37. The fraction of sp³-hybridized carbons (Fsp3) is 0.529. The van der Waals surface area contributed by atoms with Crippen LogP contribution in [0.4, 0.5) is 5.69 Å². The Kier molecular flexibility index (Phi) is 9.36. The average Bonchev–Trinajstić information content (AvgIpc) is 2.52. The first-order chi connectivity index (χ1) is 11.3. The molecule has 0 N–H and O–H groups in total.